The third-order valence-corrected chi connectivity index (χ3v) is 3.38. The Hall–Kier alpha value is -1.59. The van der Waals surface area contributed by atoms with E-state index in [-0.39, 0.29) is 0 Å². The smallest absolute Gasteiger partial charge is 0.137 e. The van der Waals surface area contributed by atoms with Gasteiger partial charge in [0.25, 0.3) is 0 Å². The van der Waals surface area contributed by atoms with E-state index in [1.807, 2.05) is 48.5 Å². The number of nitrogens with zero attached hydrogens (tertiary/aromatic N) is 3. The van der Waals surface area contributed by atoms with Crippen molar-refractivity contribution in [3.05, 3.63) is 42.2 Å². The highest BCUT2D eigenvalue weighted by atomic mass is 32.2. The first-order valence-electron chi connectivity index (χ1n) is 5.63. The first kappa shape index (κ1) is 12.9. The molecule has 0 saturated heterocycles. The minimum Gasteiger partial charge on any atom is -0.329 e. The summed E-state index contributed by atoms with van der Waals surface area (Å²) in [4.78, 5) is 10.5. The fraction of sp³-hybridized carbons (Fsp3) is 0.231. The van der Waals surface area contributed by atoms with Gasteiger partial charge in [-0.1, -0.05) is 12.1 Å². The van der Waals surface area contributed by atoms with E-state index in [2.05, 4.69) is 9.97 Å². The van der Waals surface area contributed by atoms with Crippen LogP contribution >= 0.6 is 11.8 Å². The lowest BCUT2D eigenvalue weighted by atomic mass is 10.2. The molecule has 0 aliphatic rings. The lowest BCUT2D eigenvalue weighted by Gasteiger charge is -2.18. The molecule has 1 heterocycles. The van der Waals surface area contributed by atoms with Gasteiger partial charge in [-0.2, -0.15) is 0 Å². The molecule has 0 radical (unpaired) electrons. The maximum Gasteiger partial charge on any atom is 0.137 e. The Labute approximate surface area is 111 Å². The fourth-order valence-corrected chi connectivity index (χ4v) is 1.99. The summed E-state index contributed by atoms with van der Waals surface area (Å²) in [5, 5.41) is 0.963. The lowest BCUT2D eigenvalue weighted by Crippen LogP contribution is -2.11. The average molecular weight is 260 g/mol. The maximum absolute atomic E-state index is 5.59. The number of rotatable bonds is 4. The van der Waals surface area contributed by atoms with Gasteiger partial charge in [-0.3, -0.25) is 0 Å². The van der Waals surface area contributed by atoms with E-state index in [0.717, 1.165) is 22.1 Å². The van der Waals surface area contributed by atoms with Gasteiger partial charge in [0, 0.05) is 25.3 Å². The van der Waals surface area contributed by atoms with Crippen molar-refractivity contribution >= 4 is 23.3 Å². The zero-order chi connectivity index (χ0) is 13.0. The Bertz CT molecular complexity index is 513. The van der Waals surface area contributed by atoms with E-state index in [4.69, 9.17) is 5.73 Å². The van der Waals surface area contributed by atoms with Crippen LogP contribution < -0.4 is 10.6 Å². The summed E-state index contributed by atoms with van der Waals surface area (Å²) in [6.07, 6.45) is 3.59. The van der Waals surface area contributed by atoms with Gasteiger partial charge < -0.3 is 10.6 Å². The highest BCUT2D eigenvalue weighted by molar-refractivity contribution is 7.98. The minimum atomic E-state index is 0.564. The van der Waals surface area contributed by atoms with E-state index in [0.29, 0.717) is 6.54 Å². The Morgan fingerprint density at radius 3 is 2.56 bits per heavy atom. The Morgan fingerprint density at radius 1 is 1.22 bits per heavy atom. The van der Waals surface area contributed by atoms with Crippen molar-refractivity contribution in [1.29, 1.82) is 0 Å². The zero-order valence-electron chi connectivity index (χ0n) is 10.5. The van der Waals surface area contributed by atoms with Gasteiger partial charge in [0.05, 0.1) is 0 Å². The quantitative estimate of drug-likeness (QED) is 0.676. The number of benzene rings is 1. The summed E-state index contributed by atoms with van der Waals surface area (Å²) in [5.41, 5.74) is 7.79. The standard InChI is InChI=1S/C13H16N4S/c1-17(11-5-3-10(8-14)4-6-11)12-7-13(18-2)16-9-15-12/h3-7,9H,8,14H2,1-2H3. The van der Waals surface area contributed by atoms with Gasteiger partial charge in [-0.25, -0.2) is 9.97 Å². The molecule has 1 aromatic heterocycles. The molecule has 4 nitrogen and oxygen atoms in total. The van der Waals surface area contributed by atoms with Crippen LogP contribution in [0.1, 0.15) is 5.56 Å². The predicted molar refractivity (Wildman–Crippen MR) is 76.2 cm³/mol. The van der Waals surface area contributed by atoms with Gasteiger partial charge in [-0.15, -0.1) is 11.8 Å². The summed E-state index contributed by atoms with van der Waals surface area (Å²) in [6, 6.07) is 10.1. The molecule has 18 heavy (non-hydrogen) atoms. The molecule has 0 bridgehead atoms. The van der Waals surface area contributed by atoms with Gasteiger partial charge in [0.2, 0.25) is 0 Å². The van der Waals surface area contributed by atoms with Crippen LogP contribution in [0.5, 0.6) is 0 Å². The fourth-order valence-electron chi connectivity index (χ4n) is 1.61. The van der Waals surface area contributed by atoms with E-state index < -0.39 is 0 Å². The van der Waals surface area contributed by atoms with Crippen LogP contribution in [0.25, 0.3) is 0 Å². The summed E-state index contributed by atoms with van der Waals surface area (Å²) in [7, 11) is 1.99. The van der Waals surface area contributed by atoms with Crippen LogP contribution in [-0.4, -0.2) is 23.3 Å². The van der Waals surface area contributed by atoms with Crippen LogP contribution in [0.2, 0.25) is 0 Å². The zero-order valence-corrected chi connectivity index (χ0v) is 11.3. The number of aromatic nitrogens is 2. The average Bonchev–Trinajstić information content (AvgIpc) is 2.46. The molecule has 0 spiro atoms. The molecular formula is C13H16N4S. The van der Waals surface area contributed by atoms with Gasteiger partial charge >= 0.3 is 0 Å². The van der Waals surface area contributed by atoms with Crippen molar-refractivity contribution in [3.8, 4) is 0 Å². The summed E-state index contributed by atoms with van der Waals surface area (Å²) < 4.78 is 0. The maximum atomic E-state index is 5.59. The largest absolute Gasteiger partial charge is 0.329 e. The molecule has 1 aromatic carbocycles. The molecule has 2 rings (SSSR count). The number of hydrogen-bond acceptors (Lipinski definition) is 5. The summed E-state index contributed by atoms with van der Waals surface area (Å²) >= 11 is 1.61. The first-order chi connectivity index (χ1) is 8.74. The van der Waals surface area contributed by atoms with Crippen molar-refractivity contribution in [3.63, 3.8) is 0 Å². The molecule has 0 amide bonds. The van der Waals surface area contributed by atoms with Gasteiger partial charge in [-0.05, 0) is 24.0 Å². The van der Waals surface area contributed by atoms with E-state index in [1.165, 1.54) is 0 Å². The van der Waals surface area contributed by atoms with Crippen LogP contribution in [0, 0.1) is 0 Å². The second kappa shape index (κ2) is 5.84. The third-order valence-electron chi connectivity index (χ3n) is 2.74. The van der Waals surface area contributed by atoms with Crippen molar-refractivity contribution in [1.82, 2.24) is 9.97 Å². The molecule has 5 heteroatoms. The van der Waals surface area contributed by atoms with Crippen LogP contribution in [0.3, 0.4) is 0 Å². The van der Waals surface area contributed by atoms with Crippen molar-refractivity contribution in [2.45, 2.75) is 11.6 Å². The Morgan fingerprint density at radius 2 is 1.94 bits per heavy atom. The highest BCUT2D eigenvalue weighted by Gasteiger charge is 2.06. The van der Waals surface area contributed by atoms with Crippen LogP contribution in [0.4, 0.5) is 11.5 Å². The minimum absolute atomic E-state index is 0.564. The molecule has 0 unspecified atom stereocenters. The van der Waals surface area contributed by atoms with Crippen molar-refractivity contribution in [2.24, 2.45) is 5.73 Å². The number of thioether (sulfide) groups is 1. The van der Waals surface area contributed by atoms with Gasteiger partial charge in [0.1, 0.15) is 17.2 Å². The second-order valence-electron chi connectivity index (χ2n) is 3.85. The molecule has 2 aromatic rings. The second-order valence-corrected chi connectivity index (χ2v) is 4.67. The normalized spacial score (nSPS) is 10.4. The van der Waals surface area contributed by atoms with E-state index in [1.54, 1.807) is 18.1 Å². The summed E-state index contributed by atoms with van der Waals surface area (Å²) in [5.74, 6) is 0.884. The topological polar surface area (TPSA) is 55.0 Å². The number of anilines is 2. The highest BCUT2D eigenvalue weighted by Crippen LogP contribution is 2.23. The summed E-state index contributed by atoms with van der Waals surface area (Å²) in [6.45, 7) is 0.564. The molecule has 94 valence electrons. The molecular weight excluding hydrogens is 244 g/mol. The van der Waals surface area contributed by atoms with Crippen molar-refractivity contribution < 1.29 is 0 Å². The predicted octanol–water partition coefficient (Wildman–Crippen LogP) is 2.43. The first-order valence-corrected chi connectivity index (χ1v) is 6.86. The van der Waals surface area contributed by atoms with Crippen molar-refractivity contribution in [2.75, 3.05) is 18.2 Å². The molecule has 2 N–H and O–H groups in total. The Balaban J connectivity index is 2.25. The van der Waals surface area contributed by atoms with Crippen LogP contribution in [-0.2, 0) is 6.54 Å². The van der Waals surface area contributed by atoms with E-state index >= 15 is 0 Å². The SMILES string of the molecule is CSc1cc(N(C)c2ccc(CN)cc2)ncn1. The molecule has 0 fully saturated rings. The Kier molecular flexibility index (Phi) is 4.17. The number of nitrogens with two attached hydrogens (primary N) is 1. The molecule has 0 aliphatic carbocycles. The van der Waals surface area contributed by atoms with E-state index in [9.17, 15) is 0 Å². The lowest BCUT2D eigenvalue weighted by molar-refractivity contribution is 1.01. The monoisotopic (exact) mass is 260 g/mol. The van der Waals surface area contributed by atoms with Crippen LogP contribution in [0.15, 0.2) is 41.7 Å². The molecule has 0 atom stereocenters. The molecule has 0 saturated carbocycles. The third kappa shape index (κ3) is 2.80. The number of hydrogen-bond donors (Lipinski definition) is 1. The molecule has 0 aliphatic heterocycles. The van der Waals surface area contributed by atoms with Gasteiger partial charge in [0.15, 0.2) is 0 Å².